The number of carbonyl (C=O) groups is 2. The second-order valence-electron chi connectivity index (χ2n) is 4.06. The average molecular weight is 276 g/mol. The van der Waals surface area contributed by atoms with Gasteiger partial charge in [0.15, 0.2) is 11.7 Å². The van der Waals surface area contributed by atoms with Crippen LogP contribution in [0.5, 0.6) is 5.75 Å². The van der Waals surface area contributed by atoms with Crippen LogP contribution >= 0.6 is 0 Å². The van der Waals surface area contributed by atoms with E-state index in [-0.39, 0.29) is 11.4 Å². The largest absolute Gasteiger partial charge is 0.505 e. The van der Waals surface area contributed by atoms with Gasteiger partial charge in [-0.25, -0.2) is 9.78 Å². The topological polar surface area (TPSA) is 117 Å². The van der Waals surface area contributed by atoms with Crippen LogP contribution in [-0.2, 0) is 11.8 Å². The number of aromatic nitrogens is 3. The van der Waals surface area contributed by atoms with E-state index in [1.165, 1.54) is 35.4 Å². The van der Waals surface area contributed by atoms with E-state index in [0.29, 0.717) is 5.56 Å². The summed E-state index contributed by atoms with van der Waals surface area (Å²) in [4.78, 5) is 26.9. The van der Waals surface area contributed by atoms with E-state index in [9.17, 15) is 14.7 Å². The molecule has 1 atom stereocenters. The number of pyridine rings is 1. The fourth-order valence-corrected chi connectivity index (χ4v) is 1.65. The van der Waals surface area contributed by atoms with Gasteiger partial charge in [-0.15, -0.1) is 0 Å². The lowest BCUT2D eigenvalue weighted by Gasteiger charge is -2.12. The lowest BCUT2D eigenvalue weighted by molar-refractivity contribution is -0.139. The van der Waals surface area contributed by atoms with Gasteiger partial charge in [-0.1, -0.05) is 0 Å². The van der Waals surface area contributed by atoms with Gasteiger partial charge in [-0.2, -0.15) is 5.10 Å². The molecule has 20 heavy (non-hydrogen) atoms. The van der Waals surface area contributed by atoms with E-state index in [0.717, 1.165) is 0 Å². The first-order chi connectivity index (χ1) is 9.49. The monoisotopic (exact) mass is 276 g/mol. The molecule has 0 aliphatic rings. The van der Waals surface area contributed by atoms with E-state index in [1.807, 2.05) is 0 Å². The van der Waals surface area contributed by atoms with Crippen molar-refractivity contribution in [1.82, 2.24) is 20.1 Å². The highest BCUT2D eigenvalue weighted by Gasteiger charge is 2.25. The number of carbonyl (C=O) groups excluding carboxylic acids is 1. The van der Waals surface area contributed by atoms with Gasteiger partial charge in [-0.3, -0.25) is 9.48 Å². The predicted octanol–water partition coefficient (Wildman–Crippen LogP) is 0.0764. The number of hydrogen-bond acceptors (Lipinski definition) is 5. The summed E-state index contributed by atoms with van der Waals surface area (Å²) in [5.41, 5.74) is 0.0893. The number of aryl methyl sites for hydroxylation is 1. The maximum absolute atomic E-state index is 11.9. The van der Waals surface area contributed by atoms with E-state index < -0.39 is 17.9 Å². The Kier molecular flexibility index (Phi) is 3.65. The van der Waals surface area contributed by atoms with Crippen molar-refractivity contribution < 1.29 is 19.8 Å². The first kappa shape index (κ1) is 13.5. The first-order valence-electron chi connectivity index (χ1n) is 5.65. The van der Waals surface area contributed by atoms with Crippen LogP contribution in [-0.4, -0.2) is 36.9 Å². The van der Waals surface area contributed by atoms with Crippen LogP contribution in [0.3, 0.4) is 0 Å². The summed E-state index contributed by atoms with van der Waals surface area (Å²) < 4.78 is 1.43. The summed E-state index contributed by atoms with van der Waals surface area (Å²) in [5.74, 6) is -2.33. The van der Waals surface area contributed by atoms with Gasteiger partial charge in [0.1, 0.15) is 5.75 Å². The molecule has 0 aliphatic heterocycles. The number of carboxylic acids is 1. The number of aliphatic carboxylic acids is 1. The van der Waals surface area contributed by atoms with Crippen LogP contribution in [0, 0.1) is 0 Å². The molecule has 3 N–H and O–H groups in total. The number of amides is 1. The predicted molar refractivity (Wildman–Crippen MR) is 67.0 cm³/mol. The van der Waals surface area contributed by atoms with E-state index in [4.69, 9.17) is 5.11 Å². The molecule has 2 aromatic rings. The Hall–Kier alpha value is -2.90. The molecule has 2 rings (SSSR count). The van der Waals surface area contributed by atoms with Crippen molar-refractivity contribution in [1.29, 1.82) is 0 Å². The molecule has 8 heteroatoms. The zero-order valence-corrected chi connectivity index (χ0v) is 10.5. The first-order valence-corrected chi connectivity index (χ1v) is 5.65. The third-order valence-electron chi connectivity index (χ3n) is 2.58. The highest BCUT2D eigenvalue weighted by molar-refractivity contribution is 5.97. The van der Waals surface area contributed by atoms with Crippen molar-refractivity contribution in [3.8, 4) is 5.75 Å². The van der Waals surface area contributed by atoms with Gasteiger partial charge in [0.25, 0.3) is 5.91 Å². The number of aromatic hydroxyl groups is 1. The van der Waals surface area contributed by atoms with E-state index >= 15 is 0 Å². The lowest BCUT2D eigenvalue weighted by atomic mass is 10.1. The summed E-state index contributed by atoms with van der Waals surface area (Å²) in [6, 6.07) is 1.49. The Bertz CT molecular complexity index is 652. The Morgan fingerprint density at radius 1 is 1.45 bits per heavy atom. The van der Waals surface area contributed by atoms with E-state index in [2.05, 4.69) is 15.4 Å². The summed E-state index contributed by atoms with van der Waals surface area (Å²) in [7, 11) is 1.63. The number of rotatable bonds is 4. The second-order valence-corrected chi connectivity index (χ2v) is 4.06. The van der Waals surface area contributed by atoms with Crippen molar-refractivity contribution in [2.75, 3.05) is 0 Å². The van der Waals surface area contributed by atoms with Crippen molar-refractivity contribution in [2.45, 2.75) is 6.04 Å². The molecule has 0 bridgehead atoms. The molecule has 0 fully saturated rings. The lowest BCUT2D eigenvalue weighted by Crippen LogP contribution is -2.34. The highest BCUT2D eigenvalue weighted by atomic mass is 16.4. The molecule has 0 spiro atoms. The molecule has 2 heterocycles. The number of hydrogen-bond donors (Lipinski definition) is 3. The summed E-state index contributed by atoms with van der Waals surface area (Å²) in [6.07, 6.45) is 4.16. The third-order valence-corrected chi connectivity index (χ3v) is 2.58. The van der Waals surface area contributed by atoms with Gasteiger partial charge in [-0.05, 0) is 12.1 Å². The van der Waals surface area contributed by atoms with Crippen LogP contribution in [0.2, 0.25) is 0 Å². The van der Waals surface area contributed by atoms with Gasteiger partial charge >= 0.3 is 5.97 Å². The van der Waals surface area contributed by atoms with Gasteiger partial charge in [0, 0.05) is 25.0 Å². The molecule has 1 unspecified atom stereocenters. The molecule has 0 aliphatic carbocycles. The zero-order valence-electron chi connectivity index (χ0n) is 10.5. The second kappa shape index (κ2) is 5.39. The maximum atomic E-state index is 11.9. The molecule has 0 radical (unpaired) electrons. The number of carboxylic acid groups (broad SMARTS) is 1. The van der Waals surface area contributed by atoms with Gasteiger partial charge < -0.3 is 15.5 Å². The Balaban J connectivity index is 2.23. The smallest absolute Gasteiger partial charge is 0.331 e. The van der Waals surface area contributed by atoms with Crippen molar-refractivity contribution in [2.24, 2.45) is 7.05 Å². The molecule has 0 aromatic carbocycles. The summed E-state index contributed by atoms with van der Waals surface area (Å²) in [6.45, 7) is 0. The quantitative estimate of drug-likeness (QED) is 0.727. The Morgan fingerprint density at radius 2 is 2.20 bits per heavy atom. The van der Waals surface area contributed by atoms with Crippen molar-refractivity contribution >= 4 is 11.9 Å². The third kappa shape index (κ3) is 2.74. The highest BCUT2D eigenvalue weighted by Crippen LogP contribution is 2.16. The minimum Gasteiger partial charge on any atom is -0.505 e. The SMILES string of the molecule is Cn1cc(C(NC(=O)c2ncccc2O)C(=O)O)cn1. The molecule has 2 aromatic heterocycles. The number of nitrogens with one attached hydrogen (secondary N) is 1. The van der Waals surface area contributed by atoms with E-state index in [1.54, 1.807) is 7.05 Å². The van der Waals surface area contributed by atoms with Crippen LogP contribution in [0.4, 0.5) is 0 Å². The molecule has 104 valence electrons. The summed E-state index contributed by atoms with van der Waals surface area (Å²) in [5, 5.41) is 24.8. The van der Waals surface area contributed by atoms with Gasteiger partial charge in [0.2, 0.25) is 0 Å². The fraction of sp³-hybridized carbons (Fsp3) is 0.167. The van der Waals surface area contributed by atoms with Crippen LogP contribution in [0.15, 0.2) is 30.7 Å². The minimum absolute atomic E-state index is 0.234. The zero-order chi connectivity index (χ0) is 14.7. The van der Waals surface area contributed by atoms with Crippen LogP contribution in [0.25, 0.3) is 0 Å². The summed E-state index contributed by atoms with van der Waals surface area (Å²) >= 11 is 0. The fourth-order valence-electron chi connectivity index (χ4n) is 1.65. The molecule has 1 amide bonds. The minimum atomic E-state index is -1.27. The number of nitrogens with zero attached hydrogens (tertiary/aromatic N) is 3. The van der Waals surface area contributed by atoms with Crippen molar-refractivity contribution in [3.05, 3.63) is 42.0 Å². The normalized spacial score (nSPS) is 11.8. The molecule has 8 nitrogen and oxygen atoms in total. The Labute approximate surface area is 113 Å². The standard InChI is InChI=1S/C12H12N4O4/c1-16-6-7(5-14-16)9(12(19)20)15-11(18)10-8(17)3-2-4-13-10/h2-6,9,17H,1H3,(H,15,18)(H,19,20). The van der Waals surface area contributed by atoms with Gasteiger partial charge in [0.05, 0.1) is 6.20 Å². The van der Waals surface area contributed by atoms with Crippen LogP contribution < -0.4 is 5.32 Å². The molecule has 0 saturated carbocycles. The molecule has 0 saturated heterocycles. The molecular formula is C12H12N4O4. The Morgan fingerprint density at radius 3 is 2.75 bits per heavy atom. The van der Waals surface area contributed by atoms with Crippen molar-refractivity contribution in [3.63, 3.8) is 0 Å². The maximum Gasteiger partial charge on any atom is 0.331 e. The average Bonchev–Trinajstić information content (AvgIpc) is 2.82. The van der Waals surface area contributed by atoms with Crippen LogP contribution in [0.1, 0.15) is 22.1 Å². The molecular weight excluding hydrogens is 264 g/mol.